The molecular weight excluding hydrogens is 250 g/mol. The maximum Gasteiger partial charge on any atom is 0.240 e. The standard InChI is InChI=1S/C12H17N3O2S/c13-8-12(4-2-1-3-5-12)14-10(16)6-15-9-18-7-11(15)17/h1-7,9H2,(H,14,16). The molecule has 0 atom stereocenters. The van der Waals surface area contributed by atoms with Gasteiger partial charge in [-0.2, -0.15) is 5.26 Å². The summed E-state index contributed by atoms with van der Waals surface area (Å²) in [6, 6.07) is 2.24. The highest BCUT2D eigenvalue weighted by molar-refractivity contribution is 8.00. The largest absolute Gasteiger partial charge is 0.336 e. The Hall–Kier alpha value is -1.22. The summed E-state index contributed by atoms with van der Waals surface area (Å²) in [5.41, 5.74) is -0.703. The van der Waals surface area contributed by atoms with E-state index in [0.717, 1.165) is 32.1 Å². The number of nitriles is 1. The van der Waals surface area contributed by atoms with E-state index in [1.54, 1.807) is 0 Å². The smallest absolute Gasteiger partial charge is 0.240 e. The summed E-state index contributed by atoms with van der Waals surface area (Å²) in [6.07, 6.45) is 4.52. The van der Waals surface area contributed by atoms with Crippen LogP contribution in [-0.4, -0.2) is 40.4 Å². The molecule has 1 aliphatic carbocycles. The van der Waals surface area contributed by atoms with Crippen LogP contribution >= 0.6 is 11.8 Å². The Morgan fingerprint density at radius 3 is 2.72 bits per heavy atom. The second kappa shape index (κ2) is 5.61. The fraction of sp³-hybridized carbons (Fsp3) is 0.750. The Balaban J connectivity index is 1.89. The third kappa shape index (κ3) is 2.96. The zero-order chi connectivity index (χ0) is 13.0. The third-order valence-electron chi connectivity index (χ3n) is 3.46. The first-order valence-corrected chi connectivity index (χ1v) is 7.38. The van der Waals surface area contributed by atoms with E-state index in [4.69, 9.17) is 0 Å². The number of nitrogens with zero attached hydrogens (tertiary/aromatic N) is 2. The van der Waals surface area contributed by atoms with Crippen molar-refractivity contribution in [2.24, 2.45) is 0 Å². The first-order valence-electron chi connectivity index (χ1n) is 6.23. The molecule has 2 rings (SSSR count). The molecule has 0 aromatic rings. The molecule has 2 aliphatic rings. The van der Waals surface area contributed by atoms with E-state index in [0.29, 0.717) is 11.6 Å². The first-order chi connectivity index (χ1) is 8.65. The minimum Gasteiger partial charge on any atom is -0.336 e. The van der Waals surface area contributed by atoms with E-state index in [2.05, 4.69) is 11.4 Å². The molecule has 0 unspecified atom stereocenters. The van der Waals surface area contributed by atoms with Gasteiger partial charge in [0.05, 0.1) is 17.7 Å². The summed E-state index contributed by atoms with van der Waals surface area (Å²) >= 11 is 1.51. The van der Waals surface area contributed by atoms with Gasteiger partial charge in [-0.3, -0.25) is 9.59 Å². The molecule has 0 spiro atoms. The second-order valence-corrected chi connectivity index (χ2v) is 5.83. The highest BCUT2D eigenvalue weighted by atomic mass is 32.2. The maximum atomic E-state index is 11.9. The zero-order valence-electron chi connectivity index (χ0n) is 10.3. The summed E-state index contributed by atoms with van der Waals surface area (Å²) in [5, 5.41) is 12.1. The third-order valence-corrected chi connectivity index (χ3v) is 4.40. The topological polar surface area (TPSA) is 73.2 Å². The Bertz CT molecular complexity index is 385. The maximum absolute atomic E-state index is 11.9. The second-order valence-electron chi connectivity index (χ2n) is 4.87. The summed E-state index contributed by atoms with van der Waals surface area (Å²) in [4.78, 5) is 24.9. The van der Waals surface area contributed by atoms with Crippen molar-refractivity contribution in [3.63, 3.8) is 0 Å². The van der Waals surface area contributed by atoms with Crippen LogP contribution in [0.3, 0.4) is 0 Å². The van der Waals surface area contributed by atoms with Crippen LogP contribution in [0.15, 0.2) is 0 Å². The number of hydrogen-bond donors (Lipinski definition) is 1. The molecule has 1 N–H and O–H groups in total. The highest BCUT2D eigenvalue weighted by Crippen LogP contribution is 2.27. The van der Waals surface area contributed by atoms with Gasteiger partial charge in [0.1, 0.15) is 12.1 Å². The number of amides is 2. The predicted molar refractivity (Wildman–Crippen MR) is 68.6 cm³/mol. The molecule has 0 aromatic heterocycles. The van der Waals surface area contributed by atoms with Crippen LogP contribution < -0.4 is 5.32 Å². The summed E-state index contributed by atoms with van der Waals surface area (Å²) in [6.45, 7) is 0.0786. The molecule has 98 valence electrons. The molecule has 0 aromatic carbocycles. The molecule has 6 heteroatoms. The van der Waals surface area contributed by atoms with E-state index >= 15 is 0 Å². The van der Waals surface area contributed by atoms with Crippen LogP contribution in [0.4, 0.5) is 0 Å². The lowest BCUT2D eigenvalue weighted by Gasteiger charge is -2.32. The molecule has 2 amide bonds. The van der Waals surface area contributed by atoms with E-state index in [-0.39, 0.29) is 18.4 Å². The van der Waals surface area contributed by atoms with Crippen molar-refractivity contribution in [3.05, 3.63) is 0 Å². The number of nitrogens with one attached hydrogen (secondary N) is 1. The number of hydrogen-bond acceptors (Lipinski definition) is 4. The van der Waals surface area contributed by atoms with Gasteiger partial charge in [0.15, 0.2) is 0 Å². The van der Waals surface area contributed by atoms with Crippen molar-refractivity contribution in [1.82, 2.24) is 10.2 Å². The van der Waals surface area contributed by atoms with Crippen molar-refractivity contribution in [2.75, 3.05) is 18.2 Å². The van der Waals surface area contributed by atoms with Crippen molar-refractivity contribution in [2.45, 2.75) is 37.6 Å². The Morgan fingerprint density at radius 1 is 1.44 bits per heavy atom. The molecule has 1 aliphatic heterocycles. The van der Waals surface area contributed by atoms with Crippen LogP contribution in [0.2, 0.25) is 0 Å². The predicted octanol–water partition coefficient (Wildman–Crippen LogP) is 0.862. The molecule has 0 bridgehead atoms. The number of carbonyl (C=O) groups excluding carboxylic acids is 2. The lowest BCUT2D eigenvalue weighted by Crippen LogP contribution is -2.51. The van der Waals surface area contributed by atoms with Gasteiger partial charge in [0, 0.05) is 0 Å². The van der Waals surface area contributed by atoms with Gasteiger partial charge in [0.25, 0.3) is 0 Å². The molecule has 5 nitrogen and oxygen atoms in total. The van der Waals surface area contributed by atoms with Gasteiger partial charge >= 0.3 is 0 Å². The molecule has 2 fully saturated rings. The molecule has 1 saturated carbocycles. The quantitative estimate of drug-likeness (QED) is 0.823. The van der Waals surface area contributed by atoms with Crippen LogP contribution in [0.5, 0.6) is 0 Å². The van der Waals surface area contributed by atoms with Crippen molar-refractivity contribution in [1.29, 1.82) is 5.26 Å². The first kappa shape index (κ1) is 13.2. The molecule has 1 saturated heterocycles. The minimum absolute atomic E-state index is 0.00445. The van der Waals surface area contributed by atoms with E-state index < -0.39 is 5.54 Å². The Kier molecular flexibility index (Phi) is 4.12. The summed E-state index contributed by atoms with van der Waals surface area (Å²) < 4.78 is 0. The van der Waals surface area contributed by atoms with Gasteiger partial charge in [-0.25, -0.2) is 0 Å². The lowest BCUT2D eigenvalue weighted by molar-refractivity contribution is -0.133. The van der Waals surface area contributed by atoms with E-state index in [1.807, 2.05) is 0 Å². The SMILES string of the molecule is N#CC1(NC(=O)CN2CSCC2=O)CCCCC1. The molecule has 1 heterocycles. The zero-order valence-corrected chi connectivity index (χ0v) is 11.1. The van der Waals surface area contributed by atoms with Gasteiger partial charge in [-0.1, -0.05) is 19.3 Å². The monoisotopic (exact) mass is 267 g/mol. The number of carbonyl (C=O) groups is 2. The van der Waals surface area contributed by atoms with Crippen LogP contribution in [0.1, 0.15) is 32.1 Å². The van der Waals surface area contributed by atoms with E-state index in [9.17, 15) is 14.9 Å². The van der Waals surface area contributed by atoms with Crippen LogP contribution in [-0.2, 0) is 9.59 Å². The fourth-order valence-corrected chi connectivity index (χ4v) is 3.34. The average Bonchev–Trinajstić information content (AvgIpc) is 2.76. The van der Waals surface area contributed by atoms with Gasteiger partial charge in [0.2, 0.25) is 11.8 Å². The normalized spacial score (nSPS) is 22.6. The molecule has 18 heavy (non-hydrogen) atoms. The van der Waals surface area contributed by atoms with Crippen molar-refractivity contribution in [3.8, 4) is 6.07 Å². The number of thioether (sulfide) groups is 1. The van der Waals surface area contributed by atoms with Gasteiger partial charge < -0.3 is 10.2 Å². The van der Waals surface area contributed by atoms with Gasteiger partial charge in [-0.05, 0) is 12.8 Å². The van der Waals surface area contributed by atoms with Crippen molar-refractivity contribution >= 4 is 23.6 Å². The number of rotatable bonds is 3. The highest BCUT2D eigenvalue weighted by Gasteiger charge is 2.34. The average molecular weight is 267 g/mol. The summed E-state index contributed by atoms with van der Waals surface area (Å²) in [7, 11) is 0. The fourth-order valence-electron chi connectivity index (χ4n) is 2.44. The van der Waals surface area contributed by atoms with Crippen molar-refractivity contribution < 1.29 is 9.59 Å². The minimum atomic E-state index is -0.703. The summed E-state index contributed by atoms with van der Waals surface area (Å²) in [5.74, 6) is 0.821. The molecular formula is C12H17N3O2S. The lowest BCUT2D eigenvalue weighted by atomic mass is 9.83. The Labute approximate surface area is 111 Å². The van der Waals surface area contributed by atoms with Crippen LogP contribution in [0, 0.1) is 11.3 Å². The Morgan fingerprint density at radius 2 is 2.17 bits per heavy atom. The van der Waals surface area contributed by atoms with E-state index in [1.165, 1.54) is 16.7 Å². The van der Waals surface area contributed by atoms with Gasteiger partial charge in [-0.15, -0.1) is 11.8 Å². The molecule has 0 radical (unpaired) electrons. The van der Waals surface area contributed by atoms with Crippen LogP contribution in [0.25, 0.3) is 0 Å².